The summed E-state index contributed by atoms with van der Waals surface area (Å²) in [6.07, 6.45) is 6.42. The summed E-state index contributed by atoms with van der Waals surface area (Å²) in [5.74, 6) is 1.02. The molecule has 4 heterocycles. The highest BCUT2D eigenvalue weighted by Crippen LogP contribution is 2.32. The Bertz CT molecular complexity index is 1380. The van der Waals surface area contributed by atoms with E-state index in [1.807, 2.05) is 39.6 Å². The zero-order valence-corrected chi connectivity index (χ0v) is 18.8. The van der Waals surface area contributed by atoms with Crippen molar-refractivity contribution in [2.75, 3.05) is 31.0 Å². The largest absolute Gasteiger partial charge is 0.497 e. The number of aromatic nitrogens is 3. The highest BCUT2D eigenvalue weighted by atomic mass is 16.5. The number of methoxy groups -OCH3 is 2. The predicted molar refractivity (Wildman–Crippen MR) is 127 cm³/mol. The van der Waals surface area contributed by atoms with Gasteiger partial charge in [0, 0.05) is 30.6 Å². The van der Waals surface area contributed by atoms with Gasteiger partial charge in [-0.1, -0.05) is 6.07 Å². The number of hydrogen-bond acceptors (Lipinski definition) is 6. The van der Waals surface area contributed by atoms with Crippen molar-refractivity contribution in [1.82, 2.24) is 14.4 Å². The Hall–Kier alpha value is -4.40. The maximum absolute atomic E-state index is 13.5. The second-order valence-electron chi connectivity index (χ2n) is 7.89. The number of amides is 2. The second kappa shape index (κ2) is 8.86. The Morgan fingerprint density at radius 1 is 1.03 bits per heavy atom. The van der Waals surface area contributed by atoms with E-state index in [0.717, 1.165) is 41.1 Å². The van der Waals surface area contributed by atoms with E-state index in [9.17, 15) is 9.59 Å². The van der Waals surface area contributed by atoms with E-state index in [4.69, 9.17) is 4.74 Å². The Morgan fingerprint density at radius 3 is 2.68 bits per heavy atom. The number of anilines is 2. The molecule has 5 rings (SSSR count). The fourth-order valence-electron chi connectivity index (χ4n) is 4.14. The van der Waals surface area contributed by atoms with Crippen LogP contribution in [0.3, 0.4) is 0 Å². The van der Waals surface area contributed by atoms with Gasteiger partial charge >= 0.3 is 6.09 Å². The summed E-state index contributed by atoms with van der Waals surface area (Å²) in [6, 6.07) is 13.0. The minimum Gasteiger partial charge on any atom is -0.497 e. The fraction of sp³-hybridized carbons (Fsp3) is 0.200. The minimum absolute atomic E-state index is 0.0773. The van der Waals surface area contributed by atoms with Gasteiger partial charge in [0.25, 0.3) is 5.91 Å². The maximum Gasteiger partial charge on any atom is 0.412 e. The highest BCUT2D eigenvalue weighted by Gasteiger charge is 2.25. The summed E-state index contributed by atoms with van der Waals surface area (Å²) in [5, 5.41) is 2.52. The van der Waals surface area contributed by atoms with Crippen molar-refractivity contribution in [2.24, 2.45) is 0 Å². The molecule has 0 saturated carbocycles. The van der Waals surface area contributed by atoms with Crippen molar-refractivity contribution >= 4 is 29.2 Å². The molecule has 0 saturated heterocycles. The van der Waals surface area contributed by atoms with Gasteiger partial charge in [-0.2, -0.15) is 0 Å². The molecule has 2 amide bonds. The molecule has 9 nitrogen and oxygen atoms in total. The maximum atomic E-state index is 13.5. The van der Waals surface area contributed by atoms with Gasteiger partial charge in [0.05, 0.1) is 37.4 Å². The molecule has 1 aliphatic rings. The summed E-state index contributed by atoms with van der Waals surface area (Å²) < 4.78 is 11.8. The Kier molecular flexibility index (Phi) is 5.59. The standard InChI is InChI=1S/C25H23N5O4/c1-33-19-8-5-16-4-3-11-29(20(16)12-19)24(31)18-7-10-23-27-14-21(30(23)15-18)17-6-9-22(26-13-17)28-25(32)34-2/h5-10,12-15H,3-4,11H2,1-2H3,(H,26,28,32). The quantitative estimate of drug-likeness (QED) is 0.494. The zero-order valence-electron chi connectivity index (χ0n) is 18.8. The van der Waals surface area contributed by atoms with E-state index >= 15 is 0 Å². The van der Waals surface area contributed by atoms with E-state index in [1.165, 1.54) is 7.11 Å². The molecule has 0 bridgehead atoms. The van der Waals surface area contributed by atoms with Crippen LogP contribution in [0.4, 0.5) is 16.3 Å². The number of carbonyl (C=O) groups is 2. The molecule has 0 radical (unpaired) electrons. The molecule has 1 aromatic carbocycles. The lowest BCUT2D eigenvalue weighted by Gasteiger charge is -2.30. The van der Waals surface area contributed by atoms with Crippen molar-refractivity contribution in [3.05, 3.63) is 72.2 Å². The zero-order chi connectivity index (χ0) is 23.7. The number of hydrogen-bond donors (Lipinski definition) is 1. The molecule has 0 aliphatic carbocycles. The molecule has 4 aromatic rings. The average Bonchev–Trinajstić information content (AvgIpc) is 3.31. The molecule has 0 unspecified atom stereocenters. The molecule has 0 fully saturated rings. The third-order valence-electron chi connectivity index (χ3n) is 5.88. The number of benzene rings is 1. The van der Waals surface area contributed by atoms with Crippen LogP contribution in [0.1, 0.15) is 22.3 Å². The van der Waals surface area contributed by atoms with Crippen molar-refractivity contribution < 1.29 is 19.1 Å². The first-order valence-corrected chi connectivity index (χ1v) is 10.8. The van der Waals surface area contributed by atoms with Crippen molar-refractivity contribution in [1.29, 1.82) is 0 Å². The number of ether oxygens (including phenoxy) is 2. The van der Waals surface area contributed by atoms with Crippen molar-refractivity contribution in [3.63, 3.8) is 0 Å². The van der Waals surface area contributed by atoms with Gasteiger partial charge in [0.15, 0.2) is 0 Å². The van der Waals surface area contributed by atoms with E-state index in [2.05, 4.69) is 20.0 Å². The summed E-state index contributed by atoms with van der Waals surface area (Å²) in [5.41, 5.74) is 4.86. The Morgan fingerprint density at radius 2 is 1.91 bits per heavy atom. The fourth-order valence-corrected chi connectivity index (χ4v) is 4.14. The number of nitrogens with zero attached hydrogens (tertiary/aromatic N) is 4. The van der Waals surface area contributed by atoms with Gasteiger partial charge in [-0.15, -0.1) is 0 Å². The van der Waals surface area contributed by atoms with Crippen LogP contribution in [-0.4, -0.2) is 47.1 Å². The van der Waals surface area contributed by atoms with E-state index in [-0.39, 0.29) is 5.91 Å². The van der Waals surface area contributed by atoms with Gasteiger partial charge in [-0.25, -0.2) is 14.8 Å². The van der Waals surface area contributed by atoms with Crippen LogP contribution >= 0.6 is 0 Å². The number of fused-ring (bicyclic) bond motifs is 2. The van der Waals surface area contributed by atoms with E-state index in [0.29, 0.717) is 23.6 Å². The van der Waals surface area contributed by atoms with Crippen LogP contribution in [0.25, 0.3) is 16.9 Å². The minimum atomic E-state index is -0.588. The van der Waals surface area contributed by atoms with E-state index < -0.39 is 6.09 Å². The smallest absolute Gasteiger partial charge is 0.412 e. The molecule has 9 heteroatoms. The normalized spacial score (nSPS) is 12.8. The first kappa shape index (κ1) is 21.4. The number of pyridine rings is 2. The molecular formula is C25H23N5O4. The van der Waals surface area contributed by atoms with Crippen LogP contribution in [0.2, 0.25) is 0 Å². The van der Waals surface area contributed by atoms with Gasteiger partial charge in [0.1, 0.15) is 17.2 Å². The van der Waals surface area contributed by atoms with Crippen LogP contribution in [0.5, 0.6) is 5.75 Å². The Labute approximate surface area is 196 Å². The molecule has 1 N–H and O–H groups in total. The molecule has 0 spiro atoms. The first-order valence-electron chi connectivity index (χ1n) is 10.8. The molecule has 3 aromatic heterocycles. The van der Waals surface area contributed by atoms with E-state index in [1.54, 1.807) is 37.8 Å². The van der Waals surface area contributed by atoms with Gasteiger partial charge < -0.3 is 14.4 Å². The summed E-state index contributed by atoms with van der Waals surface area (Å²) >= 11 is 0. The monoisotopic (exact) mass is 457 g/mol. The van der Waals surface area contributed by atoms with Gasteiger partial charge in [0.2, 0.25) is 0 Å². The lowest BCUT2D eigenvalue weighted by Crippen LogP contribution is -2.35. The number of carbonyl (C=O) groups excluding carboxylic acids is 2. The lowest BCUT2D eigenvalue weighted by atomic mass is 10.0. The number of aryl methyl sites for hydroxylation is 1. The molecule has 0 atom stereocenters. The van der Waals surface area contributed by atoms with Crippen LogP contribution in [0, 0.1) is 0 Å². The van der Waals surface area contributed by atoms with Crippen LogP contribution in [-0.2, 0) is 11.2 Å². The Balaban J connectivity index is 1.47. The molecular weight excluding hydrogens is 434 g/mol. The number of nitrogens with one attached hydrogen (secondary N) is 1. The number of imidazole rings is 1. The second-order valence-corrected chi connectivity index (χ2v) is 7.89. The van der Waals surface area contributed by atoms with Crippen LogP contribution in [0.15, 0.2) is 61.1 Å². The van der Waals surface area contributed by atoms with Gasteiger partial charge in [-0.05, 0) is 48.7 Å². The van der Waals surface area contributed by atoms with Gasteiger partial charge in [-0.3, -0.25) is 14.5 Å². The summed E-state index contributed by atoms with van der Waals surface area (Å²) in [4.78, 5) is 35.5. The average molecular weight is 457 g/mol. The third kappa shape index (κ3) is 3.92. The van der Waals surface area contributed by atoms with Crippen molar-refractivity contribution in [2.45, 2.75) is 12.8 Å². The number of rotatable bonds is 4. The first-order chi connectivity index (χ1) is 16.6. The van der Waals surface area contributed by atoms with Crippen molar-refractivity contribution in [3.8, 4) is 17.0 Å². The molecule has 34 heavy (non-hydrogen) atoms. The third-order valence-corrected chi connectivity index (χ3v) is 5.88. The molecule has 1 aliphatic heterocycles. The topological polar surface area (TPSA) is 98.1 Å². The summed E-state index contributed by atoms with van der Waals surface area (Å²) in [6.45, 7) is 0.645. The summed E-state index contributed by atoms with van der Waals surface area (Å²) in [7, 11) is 2.91. The van der Waals surface area contributed by atoms with Crippen LogP contribution < -0.4 is 15.0 Å². The SMILES string of the molecule is COC(=O)Nc1ccc(-c2cnc3ccc(C(=O)N4CCCc5ccc(OC)cc54)cn23)cn1. The lowest BCUT2D eigenvalue weighted by molar-refractivity contribution is 0.0984. The predicted octanol–water partition coefficient (Wildman–Crippen LogP) is 4.18. The molecule has 172 valence electrons. The highest BCUT2D eigenvalue weighted by molar-refractivity contribution is 6.07.